The van der Waals surface area contributed by atoms with Crippen molar-refractivity contribution in [2.45, 2.75) is 13.0 Å². The average molecular weight is 481 g/mol. The zero-order valence-electron chi connectivity index (χ0n) is 17.6. The number of halogens is 1. The first-order valence-corrected chi connectivity index (χ1v) is 10.7. The van der Waals surface area contributed by atoms with E-state index in [1.165, 1.54) is 0 Å². The van der Waals surface area contributed by atoms with Crippen molar-refractivity contribution in [2.75, 3.05) is 25.6 Å². The maximum absolute atomic E-state index is 12.7. The lowest BCUT2D eigenvalue weighted by atomic mass is 10.1. The summed E-state index contributed by atoms with van der Waals surface area (Å²) in [4.78, 5) is 27.0. The van der Waals surface area contributed by atoms with Gasteiger partial charge in [-0.3, -0.25) is 9.59 Å². The highest BCUT2D eigenvalue weighted by atomic mass is 79.9. The fraction of sp³-hybridized carbons (Fsp3) is 0.200. The minimum absolute atomic E-state index is 0.0569. The van der Waals surface area contributed by atoms with Gasteiger partial charge in [-0.1, -0.05) is 52.3 Å². The second kappa shape index (κ2) is 10.8. The zero-order valence-corrected chi connectivity index (χ0v) is 19.2. The van der Waals surface area contributed by atoms with Crippen LogP contribution in [0.3, 0.4) is 0 Å². The number of anilines is 1. The van der Waals surface area contributed by atoms with Crippen molar-refractivity contribution in [3.05, 3.63) is 94.0 Å². The maximum Gasteiger partial charge on any atom is 0.255 e. The lowest BCUT2D eigenvalue weighted by Gasteiger charge is -2.14. The first-order chi connectivity index (χ1) is 14.9. The molecule has 1 amide bonds. The molecule has 0 aliphatic heterocycles. The highest BCUT2D eigenvalue weighted by molar-refractivity contribution is 9.10. The van der Waals surface area contributed by atoms with Gasteiger partial charge in [0.1, 0.15) is 12.4 Å². The molecular weight excluding hydrogens is 456 g/mol. The second-order valence-electron chi connectivity index (χ2n) is 7.37. The Morgan fingerprint density at radius 3 is 2.23 bits per heavy atom. The number of carbonyl (C=O) groups excluding carboxylic acids is 2. The van der Waals surface area contributed by atoms with Crippen molar-refractivity contribution < 1.29 is 14.3 Å². The van der Waals surface area contributed by atoms with Crippen LogP contribution in [0, 0.1) is 0 Å². The summed E-state index contributed by atoms with van der Waals surface area (Å²) in [5.74, 6) is 0.0956. The van der Waals surface area contributed by atoms with Crippen molar-refractivity contribution in [3.8, 4) is 5.75 Å². The summed E-state index contributed by atoms with van der Waals surface area (Å²) in [5.41, 5.74) is 3.43. The van der Waals surface area contributed by atoms with Crippen molar-refractivity contribution in [2.24, 2.45) is 0 Å². The van der Waals surface area contributed by atoms with Crippen molar-refractivity contribution in [1.29, 1.82) is 0 Å². The third-order valence-corrected chi connectivity index (χ3v) is 5.27. The number of nitrogens with zero attached hydrogens (tertiary/aromatic N) is 1. The van der Waals surface area contributed by atoms with Gasteiger partial charge in [-0.15, -0.1) is 0 Å². The topological polar surface area (TPSA) is 58.6 Å². The fourth-order valence-electron chi connectivity index (χ4n) is 3.01. The third-order valence-electron chi connectivity index (χ3n) is 4.74. The van der Waals surface area contributed by atoms with E-state index in [1.54, 1.807) is 24.3 Å². The second-order valence-corrected chi connectivity index (χ2v) is 8.29. The molecule has 3 aromatic carbocycles. The van der Waals surface area contributed by atoms with E-state index in [4.69, 9.17) is 4.74 Å². The van der Waals surface area contributed by atoms with Crippen LogP contribution in [-0.2, 0) is 17.8 Å². The Kier molecular flexibility index (Phi) is 7.84. The molecule has 0 fully saturated rings. The standard InChI is InChI=1S/C25H25BrN2O3/c1-28(2)21-13-9-19(10-14-21)16-27-25(30)23-5-3-4-6-24(23)31-17-22(29)15-18-7-11-20(26)12-8-18/h3-14H,15-17H2,1-2H3,(H,27,30). The number of rotatable bonds is 9. The molecule has 0 spiro atoms. The number of benzene rings is 3. The van der Waals surface area contributed by atoms with E-state index < -0.39 is 0 Å². The van der Waals surface area contributed by atoms with E-state index in [0.717, 1.165) is 21.3 Å². The van der Waals surface area contributed by atoms with Gasteiger partial charge in [-0.25, -0.2) is 0 Å². The number of hydrogen-bond donors (Lipinski definition) is 1. The molecule has 0 unspecified atom stereocenters. The molecule has 0 atom stereocenters. The van der Waals surface area contributed by atoms with E-state index >= 15 is 0 Å². The molecule has 31 heavy (non-hydrogen) atoms. The maximum atomic E-state index is 12.7. The highest BCUT2D eigenvalue weighted by Gasteiger charge is 2.13. The Morgan fingerprint density at radius 1 is 0.903 bits per heavy atom. The van der Waals surface area contributed by atoms with Crippen LogP contribution in [0.4, 0.5) is 5.69 Å². The Hall–Kier alpha value is -3.12. The molecule has 160 valence electrons. The molecule has 0 saturated heterocycles. The molecule has 5 nitrogen and oxygen atoms in total. The monoisotopic (exact) mass is 480 g/mol. The average Bonchev–Trinajstić information content (AvgIpc) is 2.78. The van der Waals surface area contributed by atoms with Gasteiger partial charge in [-0.05, 0) is 47.5 Å². The summed E-state index contributed by atoms with van der Waals surface area (Å²) < 4.78 is 6.65. The number of ether oxygens (including phenoxy) is 1. The quantitative estimate of drug-likeness (QED) is 0.484. The molecule has 0 aromatic heterocycles. The van der Waals surface area contributed by atoms with Crippen LogP contribution >= 0.6 is 15.9 Å². The van der Waals surface area contributed by atoms with Crippen LogP contribution in [0.1, 0.15) is 21.5 Å². The Morgan fingerprint density at radius 2 is 1.55 bits per heavy atom. The predicted molar refractivity (Wildman–Crippen MR) is 127 cm³/mol. The molecule has 0 radical (unpaired) electrons. The van der Waals surface area contributed by atoms with Crippen molar-refractivity contribution in [1.82, 2.24) is 5.32 Å². The van der Waals surface area contributed by atoms with E-state index in [2.05, 4.69) is 21.2 Å². The van der Waals surface area contributed by atoms with Crippen LogP contribution in [0.2, 0.25) is 0 Å². The van der Waals surface area contributed by atoms with Crippen LogP contribution in [0.25, 0.3) is 0 Å². The van der Waals surface area contributed by atoms with Crippen molar-refractivity contribution >= 4 is 33.3 Å². The Bertz CT molecular complexity index is 1030. The number of amides is 1. The summed E-state index contributed by atoms with van der Waals surface area (Å²) >= 11 is 3.38. The normalized spacial score (nSPS) is 10.4. The van der Waals surface area contributed by atoms with E-state index in [0.29, 0.717) is 17.9 Å². The smallest absolute Gasteiger partial charge is 0.255 e. The number of ketones is 1. The molecule has 0 saturated carbocycles. The first-order valence-electron chi connectivity index (χ1n) is 9.95. The summed E-state index contributed by atoms with van der Waals surface area (Å²) in [7, 11) is 3.97. The molecule has 0 bridgehead atoms. The number of para-hydroxylation sites is 1. The molecule has 6 heteroatoms. The largest absolute Gasteiger partial charge is 0.485 e. The fourth-order valence-corrected chi connectivity index (χ4v) is 3.27. The van der Waals surface area contributed by atoms with Crippen molar-refractivity contribution in [3.63, 3.8) is 0 Å². The molecular formula is C25H25BrN2O3. The molecule has 0 heterocycles. The summed E-state index contributed by atoms with van der Waals surface area (Å²) in [6.45, 7) is 0.315. The van der Waals surface area contributed by atoms with E-state index in [1.807, 2.05) is 67.5 Å². The molecule has 0 aliphatic carbocycles. The van der Waals surface area contributed by atoms with Gasteiger partial charge in [0, 0.05) is 37.2 Å². The van der Waals surface area contributed by atoms with Crippen LogP contribution in [0.5, 0.6) is 5.75 Å². The minimum atomic E-state index is -0.243. The Labute approximate surface area is 191 Å². The summed E-state index contributed by atoms with van der Waals surface area (Å²) in [5, 5.41) is 2.92. The SMILES string of the molecule is CN(C)c1ccc(CNC(=O)c2ccccc2OCC(=O)Cc2ccc(Br)cc2)cc1. The van der Waals surface area contributed by atoms with Gasteiger partial charge < -0.3 is 15.0 Å². The molecule has 1 N–H and O–H groups in total. The van der Waals surface area contributed by atoms with Crippen LogP contribution in [-0.4, -0.2) is 32.4 Å². The summed E-state index contributed by atoms with van der Waals surface area (Å²) in [6, 6.07) is 22.5. The number of nitrogens with one attached hydrogen (secondary N) is 1. The first kappa shape index (κ1) is 22.6. The lowest BCUT2D eigenvalue weighted by molar-refractivity contribution is -0.120. The van der Waals surface area contributed by atoms with E-state index in [-0.39, 0.29) is 24.7 Å². The zero-order chi connectivity index (χ0) is 22.2. The lowest BCUT2D eigenvalue weighted by Crippen LogP contribution is -2.24. The van der Waals surface area contributed by atoms with Crippen LogP contribution in [0.15, 0.2) is 77.3 Å². The Balaban J connectivity index is 1.56. The third kappa shape index (κ3) is 6.69. The van der Waals surface area contributed by atoms with Gasteiger partial charge in [0.2, 0.25) is 0 Å². The van der Waals surface area contributed by atoms with Gasteiger partial charge >= 0.3 is 0 Å². The van der Waals surface area contributed by atoms with Gasteiger partial charge in [-0.2, -0.15) is 0 Å². The van der Waals surface area contributed by atoms with Gasteiger partial charge in [0.15, 0.2) is 5.78 Å². The molecule has 0 aliphatic rings. The number of Topliss-reactive ketones (excluding diaryl/α,β-unsaturated/α-hetero) is 1. The summed E-state index contributed by atoms with van der Waals surface area (Å²) in [6.07, 6.45) is 0.282. The van der Waals surface area contributed by atoms with Gasteiger partial charge in [0.25, 0.3) is 5.91 Å². The highest BCUT2D eigenvalue weighted by Crippen LogP contribution is 2.19. The van der Waals surface area contributed by atoms with Crippen LogP contribution < -0.4 is 15.0 Å². The molecule has 3 aromatic rings. The number of hydrogen-bond acceptors (Lipinski definition) is 4. The van der Waals surface area contributed by atoms with E-state index in [9.17, 15) is 9.59 Å². The minimum Gasteiger partial charge on any atom is -0.485 e. The van der Waals surface area contributed by atoms with Gasteiger partial charge in [0.05, 0.1) is 5.56 Å². The predicted octanol–water partition coefficient (Wildman–Crippen LogP) is 4.64. The molecule has 3 rings (SSSR count). The number of carbonyl (C=O) groups is 2.